The van der Waals surface area contributed by atoms with Gasteiger partial charge in [0.05, 0.1) is 12.2 Å². The van der Waals surface area contributed by atoms with Crippen LogP contribution >= 0.6 is 15.9 Å². The van der Waals surface area contributed by atoms with Crippen LogP contribution in [0.2, 0.25) is 0 Å². The smallest absolute Gasteiger partial charge is 0.147 e. The molecule has 1 aromatic heterocycles. The number of nitrogens with zero attached hydrogens (tertiary/aromatic N) is 3. The predicted octanol–water partition coefficient (Wildman–Crippen LogP) is 3.45. The zero-order chi connectivity index (χ0) is 13.8. The van der Waals surface area contributed by atoms with E-state index in [4.69, 9.17) is 0 Å². The summed E-state index contributed by atoms with van der Waals surface area (Å²) in [6.07, 6.45) is 1.53. The van der Waals surface area contributed by atoms with E-state index in [1.54, 1.807) is 12.1 Å². The van der Waals surface area contributed by atoms with Crippen molar-refractivity contribution in [2.75, 3.05) is 5.32 Å². The Morgan fingerprint density at radius 3 is 2.89 bits per heavy atom. The summed E-state index contributed by atoms with van der Waals surface area (Å²) in [5.41, 5.74) is 0.460. The lowest BCUT2D eigenvalue weighted by molar-refractivity contribution is 0.468. The van der Waals surface area contributed by atoms with Gasteiger partial charge in [0.25, 0.3) is 0 Å². The Bertz CT molecular complexity index is 553. The number of nitrogens with one attached hydrogen (secondary N) is 1. The Labute approximate surface area is 120 Å². The number of hydrogen-bond acceptors (Lipinski definition) is 3. The molecule has 2 aromatic rings. The van der Waals surface area contributed by atoms with Gasteiger partial charge in [0, 0.05) is 11.0 Å². The molecule has 0 aliphatic rings. The van der Waals surface area contributed by atoms with E-state index in [0.29, 0.717) is 18.2 Å². The van der Waals surface area contributed by atoms with E-state index in [-0.39, 0.29) is 5.82 Å². The summed E-state index contributed by atoms with van der Waals surface area (Å²) >= 11 is 3.23. The van der Waals surface area contributed by atoms with Gasteiger partial charge >= 0.3 is 0 Å². The molecule has 0 radical (unpaired) electrons. The molecule has 0 fully saturated rings. The van der Waals surface area contributed by atoms with Crippen molar-refractivity contribution in [2.24, 2.45) is 5.92 Å². The van der Waals surface area contributed by atoms with Crippen molar-refractivity contribution in [1.82, 2.24) is 14.8 Å². The number of anilines is 1. The molecule has 0 aliphatic carbocycles. The van der Waals surface area contributed by atoms with E-state index in [2.05, 4.69) is 45.2 Å². The van der Waals surface area contributed by atoms with Crippen molar-refractivity contribution in [2.45, 2.75) is 26.9 Å². The minimum absolute atomic E-state index is 0.288. The molecule has 0 atom stereocenters. The number of benzene rings is 1. The van der Waals surface area contributed by atoms with Crippen molar-refractivity contribution in [3.63, 3.8) is 0 Å². The molecular weight excluding hydrogens is 311 g/mol. The van der Waals surface area contributed by atoms with Gasteiger partial charge in [0.2, 0.25) is 0 Å². The van der Waals surface area contributed by atoms with E-state index in [0.717, 1.165) is 16.8 Å². The molecule has 2 rings (SSSR count). The summed E-state index contributed by atoms with van der Waals surface area (Å²) in [4.78, 5) is 4.19. The van der Waals surface area contributed by atoms with Gasteiger partial charge in [-0.05, 0) is 24.1 Å². The number of aromatic nitrogens is 3. The molecule has 0 amide bonds. The SMILES string of the molecule is CC(C)Cn1ncnc1CNc1ccc(Br)cc1F. The topological polar surface area (TPSA) is 42.7 Å². The molecule has 0 saturated heterocycles. The van der Waals surface area contributed by atoms with E-state index in [1.807, 2.05) is 4.68 Å². The summed E-state index contributed by atoms with van der Waals surface area (Å²) in [6.45, 7) is 5.49. The van der Waals surface area contributed by atoms with Gasteiger partial charge in [0.1, 0.15) is 18.0 Å². The Hall–Kier alpha value is -1.43. The van der Waals surface area contributed by atoms with Crippen molar-refractivity contribution >= 4 is 21.6 Å². The van der Waals surface area contributed by atoms with E-state index >= 15 is 0 Å². The molecule has 102 valence electrons. The molecule has 4 nitrogen and oxygen atoms in total. The molecule has 0 bridgehead atoms. The Morgan fingerprint density at radius 2 is 2.21 bits per heavy atom. The van der Waals surface area contributed by atoms with Crippen LogP contribution in [0, 0.1) is 11.7 Å². The molecule has 0 saturated carbocycles. The van der Waals surface area contributed by atoms with Gasteiger partial charge in [-0.25, -0.2) is 14.1 Å². The molecule has 1 N–H and O–H groups in total. The molecule has 6 heteroatoms. The standard InChI is InChI=1S/C13H16BrFN4/c1-9(2)7-19-13(17-8-18-19)6-16-12-4-3-10(14)5-11(12)15/h3-5,8-9,16H,6-7H2,1-2H3. The van der Waals surface area contributed by atoms with Crippen LogP contribution in [0.25, 0.3) is 0 Å². The predicted molar refractivity (Wildman–Crippen MR) is 76.3 cm³/mol. The Balaban J connectivity index is 2.04. The normalized spacial score (nSPS) is 11.0. The second-order valence-corrected chi connectivity index (χ2v) is 5.65. The summed E-state index contributed by atoms with van der Waals surface area (Å²) in [5, 5.41) is 7.21. The van der Waals surface area contributed by atoms with Gasteiger partial charge in [-0.15, -0.1) is 0 Å². The molecule has 1 heterocycles. The zero-order valence-electron chi connectivity index (χ0n) is 10.9. The second-order valence-electron chi connectivity index (χ2n) is 4.73. The van der Waals surface area contributed by atoms with Gasteiger partial charge in [-0.1, -0.05) is 29.8 Å². The maximum Gasteiger partial charge on any atom is 0.147 e. The van der Waals surface area contributed by atoms with Crippen LogP contribution in [0.4, 0.5) is 10.1 Å². The first-order valence-corrected chi connectivity index (χ1v) is 6.91. The zero-order valence-corrected chi connectivity index (χ0v) is 12.5. The van der Waals surface area contributed by atoms with Crippen molar-refractivity contribution in [3.8, 4) is 0 Å². The van der Waals surface area contributed by atoms with Crippen molar-refractivity contribution in [3.05, 3.63) is 40.6 Å². The fourth-order valence-corrected chi connectivity index (χ4v) is 2.06. The fraction of sp³-hybridized carbons (Fsp3) is 0.385. The first kappa shape index (κ1) is 14.0. The lowest BCUT2D eigenvalue weighted by Gasteiger charge is -2.10. The lowest BCUT2D eigenvalue weighted by Crippen LogP contribution is -2.13. The second kappa shape index (κ2) is 6.14. The highest BCUT2D eigenvalue weighted by atomic mass is 79.9. The summed E-state index contributed by atoms with van der Waals surface area (Å²) in [6, 6.07) is 4.92. The first-order valence-electron chi connectivity index (χ1n) is 6.12. The minimum atomic E-state index is -0.288. The number of hydrogen-bond donors (Lipinski definition) is 1. The average molecular weight is 327 g/mol. The maximum atomic E-state index is 13.7. The van der Waals surface area contributed by atoms with E-state index < -0.39 is 0 Å². The quantitative estimate of drug-likeness (QED) is 0.915. The van der Waals surface area contributed by atoms with Crippen LogP contribution in [0.3, 0.4) is 0 Å². The van der Waals surface area contributed by atoms with Crippen LogP contribution in [-0.4, -0.2) is 14.8 Å². The third kappa shape index (κ3) is 3.76. The molecule has 0 unspecified atom stereocenters. The molecule has 19 heavy (non-hydrogen) atoms. The van der Waals surface area contributed by atoms with Crippen molar-refractivity contribution in [1.29, 1.82) is 0 Å². The fourth-order valence-electron chi connectivity index (χ4n) is 1.73. The maximum absolute atomic E-state index is 13.7. The molecular formula is C13H16BrFN4. The third-order valence-corrected chi connectivity index (χ3v) is 3.10. The monoisotopic (exact) mass is 326 g/mol. The molecule has 0 aliphatic heterocycles. The van der Waals surface area contributed by atoms with Crippen LogP contribution in [0.1, 0.15) is 19.7 Å². The summed E-state index contributed by atoms with van der Waals surface area (Å²) in [5.74, 6) is 1.00. The summed E-state index contributed by atoms with van der Waals surface area (Å²) in [7, 11) is 0. The van der Waals surface area contributed by atoms with Crippen LogP contribution in [0.15, 0.2) is 29.0 Å². The van der Waals surface area contributed by atoms with Crippen molar-refractivity contribution < 1.29 is 4.39 Å². The first-order chi connectivity index (χ1) is 9.06. The third-order valence-electron chi connectivity index (χ3n) is 2.60. The molecule has 0 spiro atoms. The van der Waals surface area contributed by atoms with Crippen LogP contribution in [-0.2, 0) is 13.1 Å². The Morgan fingerprint density at radius 1 is 1.42 bits per heavy atom. The Kier molecular flexibility index (Phi) is 4.52. The van der Waals surface area contributed by atoms with E-state index in [1.165, 1.54) is 12.4 Å². The lowest BCUT2D eigenvalue weighted by atomic mass is 10.2. The average Bonchev–Trinajstić information content (AvgIpc) is 2.74. The highest BCUT2D eigenvalue weighted by Crippen LogP contribution is 2.19. The van der Waals surface area contributed by atoms with Gasteiger partial charge in [-0.2, -0.15) is 5.10 Å². The van der Waals surface area contributed by atoms with Gasteiger partial charge < -0.3 is 5.32 Å². The highest BCUT2D eigenvalue weighted by molar-refractivity contribution is 9.10. The number of rotatable bonds is 5. The minimum Gasteiger partial charge on any atom is -0.375 e. The van der Waals surface area contributed by atoms with Gasteiger partial charge in [0.15, 0.2) is 0 Å². The largest absolute Gasteiger partial charge is 0.375 e. The van der Waals surface area contributed by atoms with Gasteiger partial charge in [-0.3, -0.25) is 0 Å². The molecule has 1 aromatic carbocycles. The number of halogens is 2. The van der Waals surface area contributed by atoms with Crippen LogP contribution < -0.4 is 5.32 Å². The van der Waals surface area contributed by atoms with E-state index in [9.17, 15) is 4.39 Å². The van der Waals surface area contributed by atoms with Crippen LogP contribution in [0.5, 0.6) is 0 Å². The summed E-state index contributed by atoms with van der Waals surface area (Å²) < 4.78 is 16.2. The highest BCUT2D eigenvalue weighted by Gasteiger charge is 2.07.